The van der Waals surface area contributed by atoms with Gasteiger partial charge in [0.05, 0.1) is 4.90 Å². The molecule has 1 N–H and O–H groups in total. The summed E-state index contributed by atoms with van der Waals surface area (Å²) in [6, 6.07) is 7.30. The lowest BCUT2D eigenvalue weighted by Crippen LogP contribution is -2.28. The first-order valence-electron chi connectivity index (χ1n) is 7.31. The van der Waals surface area contributed by atoms with Crippen LogP contribution in [0, 0.1) is 5.92 Å². The van der Waals surface area contributed by atoms with Crippen molar-refractivity contribution < 1.29 is 8.42 Å². The summed E-state index contributed by atoms with van der Waals surface area (Å²) in [7, 11) is -1.39. The Morgan fingerprint density at radius 1 is 1.30 bits per heavy atom. The van der Waals surface area contributed by atoms with Gasteiger partial charge in [0, 0.05) is 13.1 Å². The van der Waals surface area contributed by atoms with Gasteiger partial charge in [0.2, 0.25) is 10.0 Å². The quantitative estimate of drug-likeness (QED) is 0.872. The van der Waals surface area contributed by atoms with Gasteiger partial charge in [0.25, 0.3) is 0 Å². The number of rotatable bonds is 6. The molecule has 0 spiro atoms. The van der Waals surface area contributed by atoms with E-state index in [1.807, 2.05) is 19.2 Å². The zero-order chi connectivity index (χ0) is 14.6. The van der Waals surface area contributed by atoms with E-state index in [0.29, 0.717) is 23.9 Å². The predicted octanol–water partition coefficient (Wildman–Crippen LogP) is 1.87. The molecule has 1 aromatic rings. The maximum Gasteiger partial charge on any atom is 0.243 e. The van der Waals surface area contributed by atoms with Gasteiger partial charge >= 0.3 is 0 Å². The molecule has 0 aromatic heterocycles. The monoisotopic (exact) mass is 296 g/mol. The number of likely N-dealkylation sites (N-methyl/N-ethyl adjacent to an activating group) is 1. The van der Waals surface area contributed by atoms with E-state index < -0.39 is 10.0 Å². The third-order valence-corrected chi connectivity index (χ3v) is 5.93. The Hall–Kier alpha value is -0.910. The fourth-order valence-corrected chi connectivity index (χ4v) is 4.13. The molecular weight excluding hydrogens is 272 g/mol. The van der Waals surface area contributed by atoms with Crippen molar-refractivity contribution in [2.24, 2.45) is 5.92 Å². The Morgan fingerprint density at radius 2 is 2.00 bits per heavy atom. The van der Waals surface area contributed by atoms with Gasteiger partial charge in [-0.2, -0.15) is 4.31 Å². The average Bonchev–Trinajstić information content (AvgIpc) is 2.95. The molecule has 4 nitrogen and oxygen atoms in total. The first-order chi connectivity index (χ1) is 9.57. The lowest BCUT2D eigenvalue weighted by molar-refractivity contribution is 0.453. The molecule has 5 heteroatoms. The third-order valence-electron chi connectivity index (χ3n) is 4.05. The minimum Gasteiger partial charge on any atom is -0.319 e. The zero-order valence-corrected chi connectivity index (χ0v) is 13.1. The number of hydrogen-bond donors (Lipinski definition) is 1. The summed E-state index contributed by atoms with van der Waals surface area (Å²) < 4.78 is 26.7. The van der Waals surface area contributed by atoms with Gasteiger partial charge in [-0.05, 0) is 50.0 Å². The molecule has 1 atom stereocenters. The van der Waals surface area contributed by atoms with Crippen molar-refractivity contribution in [1.82, 2.24) is 9.62 Å². The van der Waals surface area contributed by atoms with Gasteiger partial charge < -0.3 is 5.32 Å². The molecule has 20 heavy (non-hydrogen) atoms. The van der Waals surface area contributed by atoms with E-state index in [9.17, 15) is 8.42 Å². The Morgan fingerprint density at radius 3 is 2.55 bits per heavy atom. The van der Waals surface area contributed by atoms with Crippen LogP contribution in [0.1, 0.15) is 25.3 Å². The van der Waals surface area contributed by atoms with Gasteiger partial charge in [-0.15, -0.1) is 0 Å². The van der Waals surface area contributed by atoms with Crippen LogP contribution in [0.15, 0.2) is 29.2 Å². The molecule has 1 fully saturated rings. The first-order valence-corrected chi connectivity index (χ1v) is 8.75. The van der Waals surface area contributed by atoms with Gasteiger partial charge in [-0.1, -0.05) is 25.5 Å². The molecule has 1 saturated heterocycles. The van der Waals surface area contributed by atoms with Crippen LogP contribution < -0.4 is 5.32 Å². The van der Waals surface area contributed by atoms with E-state index in [0.717, 1.165) is 31.4 Å². The highest BCUT2D eigenvalue weighted by molar-refractivity contribution is 7.89. The van der Waals surface area contributed by atoms with E-state index in [4.69, 9.17) is 0 Å². The number of nitrogens with zero attached hydrogens (tertiary/aromatic N) is 1. The van der Waals surface area contributed by atoms with Crippen molar-refractivity contribution in [2.45, 2.75) is 31.1 Å². The molecule has 1 heterocycles. The summed E-state index contributed by atoms with van der Waals surface area (Å²) in [5.41, 5.74) is 1.16. The molecule has 1 aromatic carbocycles. The highest BCUT2D eigenvalue weighted by atomic mass is 32.2. The number of hydrogen-bond acceptors (Lipinski definition) is 3. The van der Waals surface area contributed by atoms with E-state index >= 15 is 0 Å². The van der Waals surface area contributed by atoms with Crippen LogP contribution in [-0.4, -0.2) is 39.4 Å². The second-order valence-corrected chi connectivity index (χ2v) is 7.36. The number of nitrogens with one attached hydrogen (secondary N) is 1. The fraction of sp³-hybridized carbons (Fsp3) is 0.600. The molecule has 0 aliphatic carbocycles. The maximum atomic E-state index is 12.5. The molecule has 1 aliphatic rings. The maximum absolute atomic E-state index is 12.5. The minimum absolute atomic E-state index is 0.419. The third kappa shape index (κ3) is 3.40. The second kappa shape index (κ2) is 6.70. The van der Waals surface area contributed by atoms with Crippen molar-refractivity contribution in [1.29, 1.82) is 0 Å². The van der Waals surface area contributed by atoms with Gasteiger partial charge in [0.15, 0.2) is 0 Å². The summed E-state index contributed by atoms with van der Waals surface area (Å²) >= 11 is 0. The van der Waals surface area contributed by atoms with Crippen LogP contribution in [0.3, 0.4) is 0 Å². The molecule has 1 aliphatic heterocycles. The highest BCUT2D eigenvalue weighted by Crippen LogP contribution is 2.26. The van der Waals surface area contributed by atoms with Crippen LogP contribution in [0.4, 0.5) is 0 Å². The van der Waals surface area contributed by atoms with Crippen molar-refractivity contribution in [3.8, 4) is 0 Å². The Labute approximate surface area is 122 Å². The molecule has 112 valence electrons. The summed E-state index contributed by atoms with van der Waals surface area (Å²) in [6.45, 7) is 4.34. The predicted molar refractivity (Wildman–Crippen MR) is 81.2 cm³/mol. The normalized spacial score (nSPS) is 20.4. The van der Waals surface area contributed by atoms with E-state index in [2.05, 4.69) is 12.2 Å². The minimum atomic E-state index is -3.30. The van der Waals surface area contributed by atoms with Crippen molar-refractivity contribution >= 4 is 10.0 Å². The summed E-state index contributed by atoms with van der Waals surface area (Å²) in [5.74, 6) is 0.514. The summed E-state index contributed by atoms with van der Waals surface area (Å²) in [6.07, 6.45) is 2.95. The SMILES string of the molecule is CCC1CCN(S(=O)(=O)c2ccc(CCNC)cc2)C1. The first kappa shape index (κ1) is 15.5. The van der Waals surface area contributed by atoms with Crippen molar-refractivity contribution in [2.75, 3.05) is 26.7 Å². The number of benzene rings is 1. The lowest BCUT2D eigenvalue weighted by atomic mass is 10.1. The van der Waals surface area contributed by atoms with Crippen LogP contribution in [-0.2, 0) is 16.4 Å². The average molecular weight is 296 g/mol. The summed E-state index contributed by atoms with van der Waals surface area (Å²) in [5, 5.41) is 3.09. The highest BCUT2D eigenvalue weighted by Gasteiger charge is 2.31. The van der Waals surface area contributed by atoms with E-state index in [1.54, 1.807) is 16.4 Å². The number of sulfonamides is 1. The molecule has 0 saturated carbocycles. The Bertz CT molecular complexity index is 525. The fourth-order valence-electron chi connectivity index (χ4n) is 2.60. The smallest absolute Gasteiger partial charge is 0.243 e. The molecule has 2 rings (SSSR count). The Balaban J connectivity index is 2.10. The summed E-state index contributed by atoms with van der Waals surface area (Å²) in [4.78, 5) is 0.419. The lowest BCUT2D eigenvalue weighted by Gasteiger charge is -2.16. The van der Waals surface area contributed by atoms with Gasteiger partial charge in [-0.25, -0.2) is 8.42 Å². The second-order valence-electron chi connectivity index (χ2n) is 5.42. The molecule has 1 unspecified atom stereocenters. The zero-order valence-electron chi connectivity index (χ0n) is 12.3. The van der Waals surface area contributed by atoms with Gasteiger partial charge in [-0.3, -0.25) is 0 Å². The molecule has 0 bridgehead atoms. The van der Waals surface area contributed by atoms with Crippen LogP contribution >= 0.6 is 0 Å². The molecule has 0 amide bonds. The van der Waals surface area contributed by atoms with Crippen molar-refractivity contribution in [3.05, 3.63) is 29.8 Å². The van der Waals surface area contributed by atoms with Gasteiger partial charge in [0.1, 0.15) is 0 Å². The van der Waals surface area contributed by atoms with Crippen molar-refractivity contribution in [3.63, 3.8) is 0 Å². The largest absolute Gasteiger partial charge is 0.319 e. The molecule has 0 radical (unpaired) electrons. The van der Waals surface area contributed by atoms with E-state index in [1.165, 1.54) is 0 Å². The topological polar surface area (TPSA) is 49.4 Å². The van der Waals surface area contributed by atoms with Crippen LogP contribution in [0.25, 0.3) is 0 Å². The standard InChI is InChI=1S/C15H24N2O2S/c1-3-13-9-11-17(12-13)20(18,19)15-6-4-14(5-7-15)8-10-16-2/h4-7,13,16H,3,8-12H2,1-2H3. The molecular formula is C15H24N2O2S. The van der Waals surface area contributed by atoms with Crippen LogP contribution in [0.5, 0.6) is 0 Å². The van der Waals surface area contributed by atoms with Crippen LogP contribution in [0.2, 0.25) is 0 Å². The Kier molecular flexibility index (Phi) is 5.18. The van der Waals surface area contributed by atoms with E-state index in [-0.39, 0.29) is 0 Å².